The lowest BCUT2D eigenvalue weighted by Crippen LogP contribution is -2.44. The molecule has 0 aromatic heterocycles. The van der Waals surface area contributed by atoms with Crippen molar-refractivity contribution in [1.82, 2.24) is 5.32 Å². The van der Waals surface area contributed by atoms with Gasteiger partial charge in [0.05, 0.1) is 5.60 Å². The Morgan fingerprint density at radius 3 is 2.59 bits per heavy atom. The van der Waals surface area contributed by atoms with Gasteiger partial charge in [-0.1, -0.05) is 12.1 Å². The van der Waals surface area contributed by atoms with E-state index in [4.69, 9.17) is 9.47 Å². The number of benzene rings is 1. The Bertz CT molecular complexity index is 637. The summed E-state index contributed by atoms with van der Waals surface area (Å²) in [6.07, 6.45) is 4.48. The van der Waals surface area contributed by atoms with E-state index < -0.39 is 5.60 Å². The van der Waals surface area contributed by atoms with Gasteiger partial charge in [-0.3, -0.25) is 4.79 Å². The summed E-state index contributed by atoms with van der Waals surface area (Å²) >= 11 is 0. The van der Waals surface area contributed by atoms with Gasteiger partial charge in [0.1, 0.15) is 11.4 Å². The van der Waals surface area contributed by atoms with Crippen molar-refractivity contribution in [3.05, 3.63) is 35.6 Å². The van der Waals surface area contributed by atoms with Crippen LogP contribution in [-0.2, 0) is 14.3 Å². The predicted molar refractivity (Wildman–Crippen MR) is 103 cm³/mol. The molecule has 27 heavy (non-hydrogen) atoms. The lowest BCUT2D eigenvalue weighted by atomic mass is 9.75. The summed E-state index contributed by atoms with van der Waals surface area (Å²) in [6.45, 7) is 8.11. The minimum atomic E-state index is -0.688. The van der Waals surface area contributed by atoms with E-state index >= 15 is 0 Å². The number of rotatable bonds is 6. The van der Waals surface area contributed by atoms with E-state index in [0.717, 1.165) is 44.3 Å². The van der Waals surface area contributed by atoms with Gasteiger partial charge in [-0.25, -0.2) is 4.39 Å². The highest BCUT2D eigenvalue weighted by Gasteiger charge is 2.38. The molecule has 2 fully saturated rings. The molecule has 4 nitrogen and oxygen atoms in total. The second-order valence-electron chi connectivity index (χ2n) is 8.75. The zero-order valence-corrected chi connectivity index (χ0v) is 16.7. The van der Waals surface area contributed by atoms with Crippen molar-refractivity contribution in [3.63, 3.8) is 0 Å². The number of hydrogen-bond donors (Lipinski definition) is 1. The van der Waals surface area contributed by atoms with E-state index in [9.17, 15) is 9.18 Å². The van der Waals surface area contributed by atoms with Crippen LogP contribution in [0.1, 0.15) is 64.4 Å². The van der Waals surface area contributed by atoms with Gasteiger partial charge in [-0.05, 0) is 82.4 Å². The Morgan fingerprint density at radius 2 is 1.96 bits per heavy atom. The molecule has 1 aromatic rings. The van der Waals surface area contributed by atoms with Gasteiger partial charge in [0.25, 0.3) is 5.91 Å². The monoisotopic (exact) mass is 377 g/mol. The van der Waals surface area contributed by atoms with E-state index in [0.29, 0.717) is 19.1 Å². The number of amides is 1. The molecule has 1 aromatic carbocycles. The normalized spacial score (nSPS) is 28.7. The zero-order chi connectivity index (χ0) is 19.5. The van der Waals surface area contributed by atoms with Crippen LogP contribution < -0.4 is 5.32 Å². The molecule has 0 unspecified atom stereocenters. The molecule has 2 aliphatic rings. The summed E-state index contributed by atoms with van der Waals surface area (Å²) < 4.78 is 24.9. The minimum absolute atomic E-state index is 0.0230. The first-order valence-electron chi connectivity index (χ1n) is 10.1. The van der Waals surface area contributed by atoms with Gasteiger partial charge < -0.3 is 14.8 Å². The Labute approximate surface area is 161 Å². The van der Waals surface area contributed by atoms with Crippen LogP contribution in [0.2, 0.25) is 0 Å². The van der Waals surface area contributed by atoms with Crippen LogP contribution in [0, 0.1) is 11.7 Å². The van der Waals surface area contributed by atoms with Crippen LogP contribution in [0.15, 0.2) is 24.3 Å². The molecule has 150 valence electrons. The fourth-order valence-electron chi connectivity index (χ4n) is 4.49. The van der Waals surface area contributed by atoms with Crippen molar-refractivity contribution >= 4 is 5.91 Å². The Balaban J connectivity index is 1.66. The summed E-state index contributed by atoms with van der Waals surface area (Å²) in [7, 11) is 0. The molecule has 2 heterocycles. The van der Waals surface area contributed by atoms with Gasteiger partial charge in [0, 0.05) is 19.8 Å². The number of nitrogens with one attached hydrogen (secondary N) is 1. The van der Waals surface area contributed by atoms with Crippen LogP contribution in [0.3, 0.4) is 0 Å². The Hall–Kier alpha value is -1.46. The van der Waals surface area contributed by atoms with Gasteiger partial charge in [-0.15, -0.1) is 0 Å². The molecule has 0 aliphatic carbocycles. The van der Waals surface area contributed by atoms with Crippen molar-refractivity contribution in [2.24, 2.45) is 5.92 Å². The fourth-order valence-corrected chi connectivity index (χ4v) is 4.49. The summed E-state index contributed by atoms with van der Waals surface area (Å²) in [5.74, 6) is 0.482. The lowest BCUT2D eigenvalue weighted by Gasteiger charge is -2.39. The molecule has 0 spiro atoms. The van der Waals surface area contributed by atoms with E-state index in [2.05, 4.69) is 19.2 Å². The van der Waals surface area contributed by atoms with E-state index in [1.165, 1.54) is 12.1 Å². The standard InChI is InChI=1S/C22H32FNO3/c1-21(2)15-17(10-14-26-21)19(16-5-7-18(23)8-6-16)9-12-24-20(25)22(3)11-4-13-27-22/h5-8,17,19H,4,9-15H2,1-3H3,(H,24,25)/t17-,19-,22+/m1/s1. The minimum Gasteiger partial charge on any atom is -0.376 e. The summed E-state index contributed by atoms with van der Waals surface area (Å²) in [4.78, 5) is 12.5. The van der Waals surface area contributed by atoms with E-state index in [1.54, 1.807) is 0 Å². The summed E-state index contributed by atoms with van der Waals surface area (Å²) in [6, 6.07) is 6.81. The first kappa shape index (κ1) is 20.3. The van der Waals surface area contributed by atoms with E-state index in [-0.39, 0.29) is 23.2 Å². The predicted octanol–water partition coefficient (Wildman–Crippen LogP) is 4.19. The topological polar surface area (TPSA) is 47.6 Å². The molecular formula is C22H32FNO3. The maximum absolute atomic E-state index is 13.4. The van der Waals surface area contributed by atoms with Crippen molar-refractivity contribution in [1.29, 1.82) is 0 Å². The van der Waals surface area contributed by atoms with Crippen LogP contribution in [0.25, 0.3) is 0 Å². The van der Waals surface area contributed by atoms with Crippen LogP contribution in [0.5, 0.6) is 0 Å². The molecule has 1 amide bonds. The third-order valence-electron chi connectivity index (χ3n) is 6.04. The first-order valence-corrected chi connectivity index (χ1v) is 10.1. The molecule has 0 saturated carbocycles. The number of carbonyl (C=O) groups is 1. The SMILES string of the molecule is CC1(C)C[C@H]([C@H](CCNC(=O)[C@]2(C)CCCO2)c2ccc(F)cc2)CCO1. The highest BCUT2D eigenvalue weighted by atomic mass is 19.1. The van der Waals surface area contributed by atoms with Crippen molar-refractivity contribution in [2.45, 2.75) is 70.0 Å². The fraction of sp³-hybridized carbons (Fsp3) is 0.682. The lowest BCUT2D eigenvalue weighted by molar-refractivity contribution is -0.139. The Morgan fingerprint density at radius 1 is 1.22 bits per heavy atom. The highest BCUT2D eigenvalue weighted by Crippen LogP contribution is 2.40. The van der Waals surface area contributed by atoms with Gasteiger partial charge in [-0.2, -0.15) is 0 Å². The average Bonchev–Trinajstić information content (AvgIpc) is 3.07. The number of halogens is 1. The third kappa shape index (κ3) is 5.08. The van der Waals surface area contributed by atoms with Gasteiger partial charge in [0.15, 0.2) is 0 Å². The molecule has 0 bridgehead atoms. The molecule has 2 aliphatic heterocycles. The summed E-state index contributed by atoms with van der Waals surface area (Å²) in [5, 5.41) is 3.07. The van der Waals surface area contributed by atoms with Gasteiger partial charge >= 0.3 is 0 Å². The van der Waals surface area contributed by atoms with Crippen molar-refractivity contribution in [2.75, 3.05) is 19.8 Å². The highest BCUT2D eigenvalue weighted by molar-refractivity contribution is 5.84. The molecule has 3 atom stereocenters. The summed E-state index contributed by atoms with van der Waals surface area (Å²) in [5.41, 5.74) is 0.304. The smallest absolute Gasteiger partial charge is 0.251 e. The number of hydrogen-bond acceptors (Lipinski definition) is 3. The average molecular weight is 378 g/mol. The number of ether oxygens (including phenoxy) is 2. The second-order valence-corrected chi connectivity index (χ2v) is 8.75. The molecule has 5 heteroatoms. The first-order chi connectivity index (χ1) is 12.8. The maximum Gasteiger partial charge on any atom is 0.251 e. The molecular weight excluding hydrogens is 345 g/mol. The molecule has 3 rings (SSSR count). The molecule has 1 N–H and O–H groups in total. The van der Waals surface area contributed by atoms with E-state index in [1.807, 2.05) is 19.1 Å². The molecule has 0 radical (unpaired) electrons. The van der Waals surface area contributed by atoms with Crippen LogP contribution in [-0.4, -0.2) is 36.9 Å². The van der Waals surface area contributed by atoms with Crippen molar-refractivity contribution < 1.29 is 18.7 Å². The molecule has 2 saturated heterocycles. The third-order valence-corrected chi connectivity index (χ3v) is 6.04. The number of carbonyl (C=O) groups excluding carboxylic acids is 1. The quantitative estimate of drug-likeness (QED) is 0.809. The largest absolute Gasteiger partial charge is 0.376 e. The van der Waals surface area contributed by atoms with Crippen LogP contribution in [0.4, 0.5) is 4.39 Å². The van der Waals surface area contributed by atoms with Gasteiger partial charge in [0.2, 0.25) is 0 Å². The second kappa shape index (κ2) is 8.27. The Kier molecular flexibility index (Phi) is 6.21. The maximum atomic E-state index is 13.4. The van der Waals surface area contributed by atoms with Crippen molar-refractivity contribution in [3.8, 4) is 0 Å². The zero-order valence-electron chi connectivity index (χ0n) is 16.7. The van der Waals surface area contributed by atoms with Crippen LogP contribution >= 0.6 is 0 Å².